The normalized spacial score (nSPS) is 24.3. The van der Waals surface area contributed by atoms with E-state index in [9.17, 15) is 43.2 Å². The van der Waals surface area contributed by atoms with E-state index in [4.69, 9.17) is 10.4 Å². The SMILES string of the molecule is CN(C)c1ccc(O)c2c1CC1CC3[C@H](N(C)C)C(O)=C(C(=O)NN)C(=O)[C@@]3(O)C(O)=C1C2=O.Cc1ccc(S(=O)(=O)O)cc1. The van der Waals surface area contributed by atoms with Crippen LogP contribution in [0.3, 0.4) is 0 Å². The highest BCUT2D eigenvalue weighted by Gasteiger charge is 2.63. The zero-order valence-corrected chi connectivity index (χ0v) is 26.1. The third-order valence-corrected chi connectivity index (χ3v) is 9.36. The van der Waals surface area contributed by atoms with Crippen LogP contribution < -0.4 is 16.2 Å². The molecule has 0 fully saturated rings. The number of allylic oxidation sites excluding steroid dienone is 1. The van der Waals surface area contributed by atoms with Crippen LogP contribution in [-0.2, 0) is 26.1 Å². The highest BCUT2D eigenvalue weighted by atomic mass is 32.2. The average molecular weight is 645 g/mol. The number of benzene rings is 2. The molecule has 0 aromatic heterocycles. The van der Waals surface area contributed by atoms with Gasteiger partial charge in [-0.1, -0.05) is 17.7 Å². The zero-order valence-electron chi connectivity index (χ0n) is 25.3. The molecule has 0 bridgehead atoms. The lowest BCUT2D eigenvalue weighted by molar-refractivity contribution is -0.148. The number of aliphatic hydroxyl groups is 3. The van der Waals surface area contributed by atoms with E-state index in [2.05, 4.69) is 0 Å². The third kappa shape index (κ3) is 5.57. The van der Waals surface area contributed by atoms with Crippen LogP contribution in [-0.4, -0.2) is 95.6 Å². The van der Waals surface area contributed by atoms with Gasteiger partial charge in [0, 0.05) is 31.3 Å². The average Bonchev–Trinajstić information content (AvgIpc) is 2.94. The Morgan fingerprint density at radius 3 is 2.13 bits per heavy atom. The van der Waals surface area contributed by atoms with Gasteiger partial charge in [0.05, 0.1) is 16.5 Å². The number of amides is 1. The second-order valence-electron chi connectivity index (χ2n) is 11.7. The number of carbonyl (C=O) groups is 3. The number of hydrogen-bond donors (Lipinski definition) is 7. The molecule has 15 heteroatoms. The van der Waals surface area contributed by atoms with Crippen molar-refractivity contribution in [1.29, 1.82) is 0 Å². The monoisotopic (exact) mass is 644 g/mol. The van der Waals surface area contributed by atoms with Crippen LogP contribution in [0, 0.1) is 18.8 Å². The Balaban J connectivity index is 0.000000354. The van der Waals surface area contributed by atoms with Crippen molar-refractivity contribution in [2.24, 2.45) is 17.7 Å². The van der Waals surface area contributed by atoms with E-state index in [1.165, 1.54) is 23.1 Å². The summed E-state index contributed by atoms with van der Waals surface area (Å²) in [5, 5.41) is 44.2. The Kier molecular flexibility index (Phi) is 8.89. The molecule has 3 aliphatic rings. The van der Waals surface area contributed by atoms with Gasteiger partial charge in [0.1, 0.15) is 22.8 Å². The number of phenolic OH excluding ortho intramolecular Hbond substituents is 1. The van der Waals surface area contributed by atoms with Crippen LogP contribution in [0.1, 0.15) is 27.9 Å². The Morgan fingerprint density at radius 1 is 1.02 bits per heavy atom. The number of rotatable bonds is 4. The highest BCUT2D eigenvalue weighted by Crippen LogP contribution is 2.53. The summed E-state index contributed by atoms with van der Waals surface area (Å²) in [6.07, 6.45) is 0.309. The molecule has 242 valence electrons. The van der Waals surface area contributed by atoms with Gasteiger partial charge < -0.3 is 25.3 Å². The third-order valence-electron chi connectivity index (χ3n) is 8.49. The molecule has 14 nitrogen and oxygen atoms in total. The van der Waals surface area contributed by atoms with Crippen molar-refractivity contribution in [2.75, 3.05) is 33.1 Å². The van der Waals surface area contributed by atoms with E-state index in [1.54, 1.807) is 56.7 Å². The molecule has 5 rings (SSSR count). The molecule has 4 atom stereocenters. The number of aryl methyl sites for hydroxylation is 1. The first-order chi connectivity index (χ1) is 20.9. The van der Waals surface area contributed by atoms with E-state index in [1.807, 2.05) is 6.92 Å². The van der Waals surface area contributed by atoms with E-state index < -0.39 is 68.2 Å². The fourth-order valence-corrected chi connectivity index (χ4v) is 6.90. The number of nitrogens with two attached hydrogens (primary N) is 1. The van der Waals surface area contributed by atoms with Crippen LogP contribution in [0.5, 0.6) is 5.75 Å². The van der Waals surface area contributed by atoms with Crippen molar-refractivity contribution >= 4 is 33.3 Å². The summed E-state index contributed by atoms with van der Waals surface area (Å²) in [7, 11) is 2.76. The predicted octanol–water partition coefficient (Wildman–Crippen LogP) is 0.933. The topological polar surface area (TPSA) is 231 Å². The van der Waals surface area contributed by atoms with Gasteiger partial charge >= 0.3 is 0 Å². The molecule has 0 spiro atoms. The van der Waals surface area contributed by atoms with Gasteiger partial charge in [-0.25, -0.2) is 5.84 Å². The van der Waals surface area contributed by atoms with Crippen LogP contribution in [0.4, 0.5) is 5.69 Å². The van der Waals surface area contributed by atoms with Gasteiger partial charge in [-0.05, 0) is 69.6 Å². The summed E-state index contributed by atoms with van der Waals surface area (Å²) in [4.78, 5) is 42.5. The van der Waals surface area contributed by atoms with E-state index in [-0.39, 0.29) is 34.6 Å². The molecule has 0 heterocycles. The molecule has 45 heavy (non-hydrogen) atoms. The maximum absolute atomic E-state index is 13.5. The van der Waals surface area contributed by atoms with E-state index >= 15 is 0 Å². The number of hydrogen-bond acceptors (Lipinski definition) is 12. The van der Waals surface area contributed by atoms with Crippen molar-refractivity contribution in [2.45, 2.75) is 36.3 Å². The number of aliphatic hydroxyl groups excluding tert-OH is 2. The lowest BCUT2D eigenvalue weighted by Gasteiger charge is -2.50. The predicted molar refractivity (Wildman–Crippen MR) is 162 cm³/mol. The standard InChI is InChI=1S/C23H28N4O7.C7H8O3S/c1-26(2)12-5-6-13(28)15-10(12)7-9-8-11-17(27(3)4)19(30)16(22(33)25-24)21(32)23(11,34)20(31)14(9)18(15)29;1-6-2-4-7(5-3-6)11(8,9)10/h5-6,9,11,17,28,30-31,34H,7-8,24H2,1-4H3,(H,25,33);2-5H,1H3,(H,8,9,10)/t9?,11?,17-,23-;/m0./s1. The number of fused-ring (bicyclic) bond motifs is 3. The second-order valence-corrected chi connectivity index (χ2v) is 13.1. The van der Waals surface area contributed by atoms with Crippen LogP contribution in [0.25, 0.3) is 0 Å². The number of carbonyl (C=O) groups excluding carboxylic acids is 3. The molecule has 0 saturated heterocycles. The minimum Gasteiger partial charge on any atom is -0.510 e. The molecule has 2 unspecified atom stereocenters. The van der Waals surface area contributed by atoms with Gasteiger partial charge in [0.15, 0.2) is 11.4 Å². The molecule has 1 amide bonds. The number of likely N-dealkylation sites (N-methyl/N-ethyl adjacent to an activating group) is 1. The number of ketones is 2. The van der Waals surface area contributed by atoms with Crippen molar-refractivity contribution in [3.63, 3.8) is 0 Å². The van der Waals surface area contributed by atoms with Crippen molar-refractivity contribution in [3.8, 4) is 5.75 Å². The number of anilines is 1. The van der Waals surface area contributed by atoms with Gasteiger partial charge in [-0.2, -0.15) is 8.42 Å². The minimum absolute atomic E-state index is 0.00298. The fourth-order valence-electron chi connectivity index (χ4n) is 6.42. The van der Waals surface area contributed by atoms with Crippen molar-refractivity contribution in [1.82, 2.24) is 10.3 Å². The van der Waals surface area contributed by atoms with Gasteiger partial charge in [-0.3, -0.25) is 29.3 Å². The molecule has 2 aromatic carbocycles. The number of phenols is 1. The minimum atomic E-state index is -4.02. The molecule has 0 aliphatic heterocycles. The van der Waals surface area contributed by atoms with Crippen molar-refractivity contribution < 1.29 is 47.8 Å². The molecular weight excluding hydrogens is 608 g/mol. The fraction of sp³-hybridized carbons (Fsp3) is 0.367. The Hall–Kier alpha value is -4.28. The lowest BCUT2D eigenvalue weighted by atomic mass is 9.58. The first-order valence-electron chi connectivity index (χ1n) is 13.8. The van der Waals surface area contributed by atoms with E-state index in [0.29, 0.717) is 11.3 Å². The summed E-state index contributed by atoms with van der Waals surface area (Å²) in [6.45, 7) is 1.84. The number of Topliss-reactive ketones (excluding diaryl/α,β-unsaturated/α-hetero) is 2. The first-order valence-corrected chi connectivity index (χ1v) is 15.2. The molecule has 0 radical (unpaired) electrons. The largest absolute Gasteiger partial charge is 0.510 e. The van der Waals surface area contributed by atoms with Gasteiger partial charge in [0.25, 0.3) is 16.0 Å². The smallest absolute Gasteiger partial charge is 0.294 e. The molecule has 2 aromatic rings. The maximum atomic E-state index is 13.5. The summed E-state index contributed by atoms with van der Waals surface area (Å²) >= 11 is 0. The van der Waals surface area contributed by atoms with Crippen LogP contribution in [0.2, 0.25) is 0 Å². The molecule has 8 N–H and O–H groups in total. The summed E-state index contributed by atoms with van der Waals surface area (Å²) in [6, 6.07) is 8.03. The zero-order chi connectivity index (χ0) is 33.8. The maximum Gasteiger partial charge on any atom is 0.294 e. The first kappa shape index (κ1) is 33.6. The van der Waals surface area contributed by atoms with Gasteiger partial charge in [0.2, 0.25) is 5.78 Å². The summed E-state index contributed by atoms with van der Waals surface area (Å²) < 4.78 is 29.6. The molecule has 0 saturated carbocycles. The second kappa shape index (κ2) is 11.9. The Bertz CT molecular complexity index is 1750. The van der Waals surface area contributed by atoms with Gasteiger partial charge in [-0.15, -0.1) is 0 Å². The Morgan fingerprint density at radius 2 is 1.62 bits per heavy atom. The number of nitrogens with one attached hydrogen (secondary N) is 1. The molecule has 3 aliphatic carbocycles. The quantitative estimate of drug-likeness (QED) is 0.0808. The highest BCUT2D eigenvalue weighted by molar-refractivity contribution is 7.85. The van der Waals surface area contributed by atoms with Crippen LogP contribution in [0.15, 0.2) is 64.0 Å². The van der Waals surface area contributed by atoms with Crippen molar-refractivity contribution in [3.05, 3.63) is 75.8 Å². The van der Waals surface area contributed by atoms with Crippen LogP contribution >= 0.6 is 0 Å². The summed E-state index contributed by atoms with van der Waals surface area (Å²) in [5.74, 6) is -1.28. The number of hydrazine groups is 1. The Labute approximate surface area is 259 Å². The van der Waals surface area contributed by atoms with E-state index in [0.717, 1.165) is 5.56 Å². The molecular formula is C30H36N4O10S. The lowest BCUT2D eigenvalue weighted by Crippen LogP contribution is -2.64. The number of aromatic hydroxyl groups is 1. The number of nitrogens with zero attached hydrogens (tertiary/aromatic N) is 2. The summed E-state index contributed by atoms with van der Waals surface area (Å²) in [5.41, 5.74) is 0.426.